The SMILES string of the molecule is CC1(C)OB(c2cccc(C(=O)C3CNCCN3C(=O)O)c2)OC1(C)C. The van der Waals surface area contributed by atoms with E-state index in [9.17, 15) is 14.7 Å². The first kappa shape index (κ1) is 18.9. The lowest BCUT2D eigenvalue weighted by atomic mass is 9.78. The molecule has 1 amide bonds. The van der Waals surface area contributed by atoms with Crippen LogP contribution in [0.5, 0.6) is 0 Å². The molecule has 2 saturated heterocycles. The normalized spacial score (nSPS) is 24.5. The van der Waals surface area contributed by atoms with Crippen LogP contribution in [0.1, 0.15) is 38.1 Å². The Labute approximate surface area is 153 Å². The third kappa shape index (κ3) is 3.36. The van der Waals surface area contributed by atoms with Gasteiger partial charge in [0.05, 0.1) is 11.2 Å². The van der Waals surface area contributed by atoms with Gasteiger partial charge in [-0.15, -0.1) is 0 Å². The number of hydrogen-bond donors (Lipinski definition) is 2. The predicted octanol–water partition coefficient (Wildman–Crippen LogP) is 1.12. The number of Topliss-reactive ketones (excluding diaryl/α,β-unsaturated/α-hetero) is 1. The number of rotatable bonds is 3. The average Bonchev–Trinajstić information content (AvgIpc) is 2.82. The molecule has 2 heterocycles. The highest BCUT2D eigenvalue weighted by Crippen LogP contribution is 2.36. The van der Waals surface area contributed by atoms with Crippen molar-refractivity contribution in [1.82, 2.24) is 10.2 Å². The first-order valence-electron chi connectivity index (χ1n) is 8.82. The third-order valence-corrected chi connectivity index (χ3v) is 5.49. The smallest absolute Gasteiger partial charge is 0.465 e. The van der Waals surface area contributed by atoms with Crippen LogP contribution in [0.4, 0.5) is 4.79 Å². The average molecular weight is 360 g/mol. The van der Waals surface area contributed by atoms with Gasteiger partial charge in [-0.1, -0.05) is 24.3 Å². The van der Waals surface area contributed by atoms with Crippen molar-refractivity contribution < 1.29 is 24.0 Å². The van der Waals surface area contributed by atoms with Gasteiger partial charge in [-0.05, 0) is 33.2 Å². The monoisotopic (exact) mass is 360 g/mol. The first-order valence-corrected chi connectivity index (χ1v) is 8.82. The molecule has 26 heavy (non-hydrogen) atoms. The van der Waals surface area contributed by atoms with Crippen LogP contribution < -0.4 is 10.8 Å². The van der Waals surface area contributed by atoms with Crippen molar-refractivity contribution in [3.63, 3.8) is 0 Å². The number of carbonyl (C=O) groups excluding carboxylic acids is 1. The summed E-state index contributed by atoms with van der Waals surface area (Å²) in [4.78, 5) is 25.5. The fourth-order valence-corrected chi connectivity index (χ4v) is 3.18. The molecule has 1 atom stereocenters. The van der Waals surface area contributed by atoms with Crippen LogP contribution in [0.3, 0.4) is 0 Å². The highest BCUT2D eigenvalue weighted by molar-refractivity contribution is 6.62. The van der Waals surface area contributed by atoms with Gasteiger partial charge in [0.2, 0.25) is 0 Å². The minimum atomic E-state index is -1.08. The van der Waals surface area contributed by atoms with Crippen molar-refractivity contribution in [2.24, 2.45) is 0 Å². The second-order valence-corrected chi connectivity index (χ2v) is 7.77. The molecule has 1 aromatic carbocycles. The molecule has 0 spiro atoms. The number of piperazine rings is 1. The van der Waals surface area contributed by atoms with Gasteiger partial charge in [0, 0.05) is 25.2 Å². The minimum absolute atomic E-state index is 0.224. The predicted molar refractivity (Wildman–Crippen MR) is 97.9 cm³/mol. The molecule has 0 radical (unpaired) electrons. The zero-order valence-corrected chi connectivity index (χ0v) is 15.6. The summed E-state index contributed by atoms with van der Waals surface area (Å²) in [6.07, 6.45) is -1.08. The fraction of sp³-hybridized carbons (Fsp3) is 0.556. The molecule has 0 bridgehead atoms. The number of ketones is 1. The van der Waals surface area contributed by atoms with Crippen molar-refractivity contribution in [2.75, 3.05) is 19.6 Å². The van der Waals surface area contributed by atoms with Crippen molar-refractivity contribution in [3.05, 3.63) is 29.8 Å². The van der Waals surface area contributed by atoms with E-state index in [1.54, 1.807) is 18.2 Å². The van der Waals surface area contributed by atoms with Gasteiger partial charge < -0.3 is 19.7 Å². The van der Waals surface area contributed by atoms with Gasteiger partial charge in [0.15, 0.2) is 5.78 Å². The lowest BCUT2D eigenvalue weighted by Gasteiger charge is -2.33. The van der Waals surface area contributed by atoms with Crippen molar-refractivity contribution in [1.29, 1.82) is 0 Å². The molecule has 0 aromatic heterocycles. The standard InChI is InChI=1S/C18H25BN2O5/c1-17(2)18(3,4)26-19(25-17)13-7-5-6-12(10-13)15(22)14-11-20-8-9-21(14)16(23)24/h5-7,10,14,20H,8-9,11H2,1-4H3,(H,23,24). The summed E-state index contributed by atoms with van der Waals surface area (Å²) in [5.74, 6) is -0.224. The molecule has 8 heteroatoms. The Morgan fingerprint density at radius 2 is 1.88 bits per heavy atom. The van der Waals surface area contributed by atoms with Crippen LogP contribution in [-0.2, 0) is 9.31 Å². The Hall–Kier alpha value is -1.90. The number of hydrogen-bond acceptors (Lipinski definition) is 5. The summed E-state index contributed by atoms with van der Waals surface area (Å²) in [6.45, 7) is 9.04. The Morgan fingerprint density at radius 3 is 2.50 bits per heavy atom. The second kappa shape index (κ2) is 6.68. The number of carbonyl (C=O) groups is 2. The third-order valence-electron chi connectivity index (χ3n) is 5.49. The molecule has 2 fully saturated rings. The Bertz CT molecular complexity index is 705. The van der Waals surface area contributed by atoms with E-state index in [4.69, 9.17) is 9.31 Å². The van der Waals surface area contributed by atoms with Crippen LogP contribution in [0.25, 0.3) is 0 Å². The molecular formula is C18H25BN2O5. The van der Waals surface area contributed by atoms with Crippen molar-refractivity contribution >= 4 is 24.5 Å². The molecule has 2 aliphatic heterocycles. The van der Waals surface area contributed by atoms with Crippen molar-refractivity contribution in [3.8, 4) is 0 Å². The largest absolute Gasteiger partial charge is 0.494 e. The van der Waals surface area contributed by atoms with Gasteiger partial charge >= 0.3 is 13.2 Å². The van der Waals surface area contributed by atoms with E-state index in [2.05, 4.69) is 5.32 Å². The highest BCUT2D eigenvalue weighted by atomic mass is 16.7. The second-order valence-electron chi connectivity index (χ2n) is 7.77. The van der Waals surface area contributed by atoms with Crippen LogP contribution >= 0.6 is 0 Å². The summed E-state index contributed by atoms with van der Waals surface area (Å²) in [6, 6.07) is 6.34. The Balaban J connectivity index is 1.83. The molecule has 2 N–H and O–H groups in total. The topological polar surface area (TPSA) is 88.1 Å². The van der Waals surface area contributed by atoms with Crippen LogP contribution in [0.15, 0.2) is 24.3 Å². The molecule has 3 rings (SSSR count). The molecule has 2 aliphatic rings. The van der Waals surface area contributed by atoms with Gasteiger partial charge in [-0.25, -0.2) is 4.79 Å². The summed E-state index contributed by atoms with van der Waals surface area (Å²) in [7, 11) is -0.562. The molecule has 1 unspecified atom stereocenters. The molecule has 1 aromatic rings. The zero-order chi connectivity index (χ0) is 19.1. The maximum atomic E-state index is 12.9. The van der Waals surface area contributed by atoms with E-state index in [0.29, 0.717) is 25.2 Å². The maximum absolute atomic E-state index is 12.9. The van der Waals surface area contributed by atoms with Crippen LogP contribution in [0.2, 0.25) is 0 Å². The lowest BCUT2D eigenvalue weighted by Crippen LogP contribution is -2.56. The Kier molecular flexibility index (Phi) is 4.85. The van der Waals surface area contributed by atoms with Gasteiger partial charge in [0.1, 0.15) is 6.04 Å². The summed E-state index contributed by atoms with van der Waals surface area (Å²) in [5.41, 5.74) is 0.271. The Morgan fingerprint density at radius 1 is 1.23 bits per heavy atom. The fourth-order valence-electron chi connectivity index (χ4n) is 3.18. The van der Waals surface area contributed by atoms with Crippen LogP contribution in [-0.4, -0.2) is 65.9 Å². The van der Waals surface area contributed by atoms with E-state index in [1.807, 2.05) is 33.8 Å². The van der Waals surface area contributed by atoms with E-state index in [0.717, 1.165) is 5.46 Å². The van der Waals surface area contributed by atoms with Gasteiger partial charge in [-0.3, -0.25) is 9.69 Å². The number of carboxylic acid groups (broad SMARTS) is 1. The van der Waals surface area contributed by atoms with Crippen LogP contribution in [0, 0.1) is 0 Å². The first-order chi connectivity index (χ1) is 12.1. The highest BCUT2D eigenvalue weighted by Gasteiger charge is 2.51. The number of nitrogens with zero attached hydrogens (tertiary/aromatic N) is 1. The molecule has 7 nitrogen and oxygen atoms in total. The molecule has 0 aliphatic carbocycles. The summed E-state index contributed by atoms with van der Waals surface area (Å²) < 4.78 is 12.1. The van der Waals surface area contributed by atoms with Gasteiger partial charge in [0.25, 0.3) is 0 Å². The quantitative estimate of drug-likeness (QED) is 0.621. The number of nitrogens with one attached hydrogen (secondary N) is 1. The molecule has 0 saturated carbocycles. The summed E-state index contributed by atoms with van der Waals surface area (Å²) in [5, 5.41) is 12.4. The van der Waals surface area contributed by atoms with E-state index >= 15 is 0 Å². The molecular weight excluding hydrogens is 335 g/mol. The van der Waals surface area contributed by atoms with E-state index in [1.165, 1.54) is 4.90 Å². The van der Waals surface area contributed by atoms with E-state index in [-0.39, 0.29) is 5.78 Å². The lowest BCUT2D eigenvalue weighted by molar-refractivity contribution is 0.00578. The minimum Gasteiger partial charge on any atom is -0.465 e. The summed E-state index contributed by atoms with van der Waals surface area (Å²) >= 11 is 0. The number of amides is 1. The molecule has 140 valence electrons. The number of benzene rings is 1. The zero-order valence-electron chi connectivity index (χ0n) is 15.6. The maximum Gasteiger partial charge on any atom is 0.494 e. The van der Waals surface area contributed by atoms with Gasteiger partial charge in [-0.2, -0.15) is 0 Å². The van der Waals surface area contributed by atoms with E-state index < -0.39 is 30.5 Å². The van der Waals surface area contributed by atoms with Crippen molar-refractivity contribution in [2.45, 2.75) is 44.9 Å².